The molecule has 0 bridgehead atoms. The van der Waals surface area contributed by atoms with Gasteiger partial charge in [0, 0.05) is 19.8 Å². The van der Waals surface area contributed by atoms with Crippen LogP contribution in [0.2, 0.25) is 5.02 Å². The Bertz CT molecular complexity index is 347. The van der Waals surface area contributed by atoms with Gasteiger partial charge in [-0.05, 0) is 30.5 Å². The minimum absolute atomic E-state index is 0.0799. The summed E-state index contributed by atoms with van der Waals surface area (Å²) in [6, 6.07) is 5.74. The number of ether oxygens (including phenoxy) is 2. The molecule has 4 nitrogen and oxygen atoms in total. The molecule has 0 aliphatic rings. The van der Waals surface area contributed by atoms with Gasteiger partial charge in [0.1, 0.15) is 5.75 Å². The summed E-state index contributed by atoms with van der Waals surface area (Å²) in [4.78, 5) is 0. The van der Waals surface area contributed by atoms with Gasteiger partial charge in [-0.1, -0.05) is 17.7 Å². The SMILES string of the molecule is COCCCC(NN)c1ccc(Cl)c(OC)c1. The Morgan fingerprint density at radius 1 is 1.41 bits per heavy atom. The molecule has 1 unspecified atom stereocenters. The van der Waals surface area contributed by atoms with Crippen molar-refractivity contribution in [3.8, 4) is 5.75 Å². The van der Waals surface area contributed by atoms with Crippen molar-refractivity contribution in [3.05, 3.63) is 28.8 Å². The van der Waals surface area contributed by atoms with Crippen molar-refractivity contribution in [1.82, 2.24) is 5.43 Å². The van der Waals surface area contributed by atoms with Crippen LogP contribution < -0.4 is 16.0 Å². The Kier molecular flexibility index (Phi) is 6.29. The summed E-state index contributed by atoms with van der Waals surface area (Å²) in [5.74, 6) is 6.22. The smallest absolute Gasteiger partial charge is 0.137 e. The van der Waals surface area contributed by atoms with Crippen LogP contribution in [0.3, 0.4) is 0 Å². The van der Waals surface area contributed by atoms with Crippen molar-refractivity contribution >= 4 is 11.6 Å². The van der Waals surface area contributed by atoms with Crippen LogP contribution in [0.25, 0.3) is 0 Å². The van der Waals surface area contributed by atoms with Gasteiger partial charge in [0.2, 0.25) is 0 Å². The molecule has 1 aromatic rings. The van der Waals surface area contributed by atoms with Crippen molar-refractivity contribution in [3.63, 3.8) is 0 Å². The van der Waals surface area contributed by atoms with E-state index in [-0.39, 0.29) is 6.04 Å². The van der Waals surface area contributed by atoms with Crippen molar-refractivity contribution in [2.24, 2.45) is 5.84 Å². The van der Waals surface area contributed by atoms with Crippen LogP contribution in [-0.2, 0) is 4.74 Å². The molecule has 5 heteroatoms. The summed E-state index contributed by atoms with van der Waals surface area (Å²) in [6.07, 6.45) is 1.84. The first-order chi connectivity index (χ1) is 8.22. The Balaban J connectivity index is 2.73. The first kappa shape index (κ1) is 14.3. The number of benzene rings is 1. The highest BCUT2D eigenvalue weighted by Crippen LogP contribution is 2.28. The molecule has 0 saturated carbocycles. The number of methoxy groups -OCH3 is 2. The molecule has 0 amide bonds. The molecule has 1 atom stereocenters. The highest BCUT2D eigenvalue weighted by Gasteiger charge is 2.11. The first-order valence-electron chi connectivity index (χ1n) is 5.51. The normalized spacial score (nSPS) is 12.5. The predicted octanol–water partition coefficient (Wildman–Crippen LogP) is 2.28. The molecule has 0 aliphatic heterocycles. The minimum atomic E-state index is 0.0799. The van der Waals surface area contributed by atoms with E-state index in [0.29, 0.717) is 10.8 Å². The Hall–Kier alpha value is -0.810. The van der Waals surface area contributed by atoms with Crippen LogP contribution in [0, 0.1) is 0 Å². The van der Waals surface area contributed by atoms with Crippen LogP contribution >= 0.6 is 11.6 Å². The van der Waals surface area contributed by atoms with Crippen molar-refractivity contribution in [2.75, 3.05) is 20.8 Å². The second-order valence-electron chi connectivity index (χ2n) is 3.75. The lowest BCUT2D eigenvalue weighted by molar-refractivity contribution is 0.189. The highest BCUT2D eigenvalue weighted by molar-refractivity contribution is 6.32. The zero-order valence-electron chi connectivity index (χ0n) is 10.2. The lowest BCUT2D eigenvalue weighted by atomic mass is 10.0. The molecular weight excluding hydrogens is 240 g/mol. The summed E-state index contributed by atoms with van der Waals surface area (Å²) < 4.78 is 10.2. The molecule has 3 N–H and O–H groups in total. The fourth-order valence-electron chi connectivity index (χ4n) is 1.67. The number of hydrogen-bond donors (Lipinski definition) is 2. The summed E-state index contributed by atoms with van der Waals surface area (Å²) in [5, 5.41) is 0.601. The number of hydrogen-bond acceptors (Lipinski definition) is 4. The fourth-order valence-corrected chi connectivity index (χ4v) is 1.87. The van der Waals surface area contributed by atoms with Gasteiger partial charge in [0.25, 0.3) is 0 Å². The third-order valence-corrected chi connectivity index (χ3v) is 2.93. The molecule has 17 heavy (non-hydrogen) atoms. The van der Waals surface area contributed by atoms with E-state index >= 15 is 0 Å². The molecule has 0 aliphatic carbocycles. The van der Waals surface area contributed by atoms with Crippen LogP contribution in [0.15, 0.2) is 18.2 Å². The third-order valence-electron chi connectivity index (χ3n) is 2.62. The van der Waals surface area contributed by atoms with Crippen molar-refractivity contribution < 1.29 is 9.47 Å². The molecule has 0 spiro atoms. The Labute approximate surface area is 107 Å². The van der Waals surface area contributed by atoms with Gasteiger partial charge in [-0.25, -0.2) is 0 Å². The largest absolute Gasteiger partial charge is 0.495 e. The topological polar surface area (TPSA) is 56.5 Å². The molecule has 0 radical (unpaired) electrons. The average molecular weight is 259 g/mol. The molecule has 1 aromatic carbocycles. The second-order valence-corrected chi connectivity index (χ2v) is 4.16. The maximum Gasteiger partial charge on any atom is 0.137 e. The second kappa shape index (κ2) is 7.50. The zero-order valence-corrected chi connectivity index (χ0v) is 11.0. The van der Waals surface area contributed by atoms with E-state index in [9.17, 15) is 0 Å². The van der Waals surface area contributed by atoms with Crippen LogP contribution in [-0.4, -0.2) is 20.8 Å². The van der Waals surface area contributed by atoms with E-state index in [0.717, 1.165) is 25.0 Å². The molecule has 0 fully saturated rings. The molecule has 96 valence electrons. The molecular formula is C12H19ClN2O2. The first-order valence-corrected chi connectivity index (χ1v) is 5.89. The number of hydrazine groups is 1. The summed E-state index contributed by atoms with van der Waals surface area (Å²) in [5.41, 5.74) is 3.85. The number of nitrogens with two attached hydrogens (primary N) is 1. The van der Waals surface area contributed by atoms with Gasteiger partial charge in [-0.3, -0.25) is 11.3 Å². The van der Waals surface area contributed by atoms with Gasteiger partial charge in [0.05, 0.1) is 12.1 Å². The summed E-state index contributed by atoms with van der Waals surface area (Å²) >= 11 is 5.97. The number of halogens is 1. The maximum atomic E-state index is 5.97. The zero-order chi connectivity index (χ0) is 12.7. The Morgan fingerprint density at radius 3 is 2.76 bits per heavy atom. The summed E-state index contributed by atoms with van der Waals surface area (Å²) in [7, 11) is 3.29. The summed E-state index contributed by atoms with van der Waals surface area (Å²) in [6.45, 7) is 0.725. The molecule has 0 saturated heterocycles. The van der Waals surface area contributed by atoms with Gasteiger partial charge < -0.3 is 9.47 Å². The van der Waals surface area contributed by atoms with Gasteiger partial charge >= 0.3 is 0 Å². The van der Waals surface area contributed by atoms with Crippen molar-refractivity contribution in [1.29, 1.82) is 0 Å². The van der Waals surface area contributed by atoms with Crippen LogP contribution in [0.1, 0.15) is 24.4 Å². The van der Waals surface area contributed by atoms with E-state index in [2.05, 4.69) is 5.43 Å². The highest BCUT2D eigenvalue weighted by atomic mass is 35.5. The fraction of sp³-hybridized carbons (Fsp3) is 0.500. The minimum Gasteiger partial charge on any atom is -0.495 e. The van der Waals surface area contributed by atoms with E-state index in [1.807, 2.05) is 18.2 Å². The van der Waals surface area contributed by atoms with Crippen molar-refractivity contribution in [2.45, 2.75) is 18.9 Å². The van der Waals surface area contributed by atoms with E-state index in [1.165, 1.54) is 0 Å². The number of nitrogens with one attached hydrogen (secondary N) is 1. The van der Waals surface area contributed by atoms with E-state index in [4.69, 9.17) is 26.9 Å². The molecule has 0 heterocycles. The van der Waals surface area contributed by atoms with E-state index < -0.39 is 0 Å². The molecule has 0 aromatic heterocycles. The van der Waals surface area contributed by atoms with Crippen LogP contribution in [0.5, 0.6) is 5.75 Å². The standard InChI is InChI=1S/C12H19ClN2O2/c1-16-7-3-4-11(15-14)9-5-6-10(13)12(8-9)17-2/h5-6,8,11,15H,3-4,7,14H2,1-2H3. The molecule has 1 rings (SSSR count). The monoisotopic (exact) mass is 258 g/mol. The van der Waals surface area contributed by atoms with Gasteiger partial charge in [-0.2, -0.15) is 0 Å². The maximum absolute atomic E-state index is 5.97. The van der Waals surface area contributed by atoms with Gasteiger partial charge in [-0.15, -0.1) is 0 Å². The lowest BCUT2D eigenvalue weighted by Crippen LogP contribution is -2.28. The average Bonchev–Trinajstić information content (AvgIpc) is 2.36. The Morgan fingerprint density at radius 2 is 2.18 bits per heavy atom. The number of rotatable bonds is 7. The predicted molar refractivity (Wildman–Crippen MR) is 69.2 cm³/mol. The van der Waals surface area contributed by atoms with Gasteiger partial charge in [0.15, 0.2) is 0 Å². The van der Waals surface area contributed by atoms with Crippen LogP contribution in [0.4, 0.5) is 0 Å². The quantitative estimate of drug-likeness (QED) is 0.448. The third kappa shape index (κ3) is 4.16. The lowest BCUT2D eigenvalue weighted by Gasteiger charge is -2.17. The van der Waals surface area contributed by atoms with E-state index in [1.54, 1.807) is 14.2 Å².